The van der Waals surface area contributed by atoms with Gasteiger partial charge in [0.25, 0.3) is 0 Å². The third-order valence-electron chi connectivity index (χ3n) is 3.20. The van der Waals surface area contributed by atoms with Crippen LogP contribution in [0.3, 0.4) is 0 Å². The Bertz CT molecular complexity index is 372. The number of nitrogens with zero attached hydrogens (tertiary/aromatic N) is 1. The Morgan fingerprint density at radius 3 is 2.56 bits per heavy atom. The fraction of sp³-hybridized carbons (Fsp3) is 0.462. The number of benzene rings is 1. The molecule has 3 nitrogen and oxygen atoms in total. The van der Waals surface area contributed by atoms with Gasteiger partial charge < -0.3 is 4.74 Å². The fourth-order valence-corrected chi connectivity index (χ4v) is 2.11. The van der Waals surface area contributed by atoms with Gasteiger partial charge in [0.1, 0.15) is 5.75 Å². The van der Waals surface area contributed by atoms with Crippen molar-refractivity contribution in [1.82, 2.24) is 4.90 Å². The lowest BCUT2D eigenvalue weighted by Crippen LogP contribution is -2.31. The molecule has 0 aromatic heterocycles. The second kappa shape index (κ2) is 4.66. The number of likely N-dealkylation sites (N-methyl/N-ethyl adjacent to an activating group) is 1. The van der Waals surface area contributed by atoms with E-state index in [0.29, 0.717) is 12.2 Å². The van der Waals surface area contributed by atoms with Crippen LogP contribution in [0.5, 0.6) is 5.75 Å². The Morgan fingerprint density at radius 1 is 1.38 bits per heavy atom. The summed E-state index contributed by atoms with van der Waals surface area (Å²) in [6.07, 6.45) is 1.50. The van der Waals surface area contributed by atoms with Gasteiger partial charge in [-0.3, -0.25) is 9.69 Å². The second-order valence-electron chi connectivity index (χ2n) is 4.26. The van der Waals surface area contributed by atoms with Gasteiger partial charge in [-0.25, -0.2) is 0 Å². The minimum atomic E-state index is 0.0633. The lowest BCUT2D eigenvalue weighted by molar-refractivity contribution is -0.119. The minimum absolute atomic E-state index is 0.0633. The third-order valence-corrected chi connectivity index (χ3v) is 3.20. The van der Waals surface area contributed by atoms with Crippen LogP contribution in [0.15, 0.2) is 24.3 Å². The number of hydrogen-bond acceptors (Lipinski definition) is 3. The molecule has 1 unspecified atom stereocenters. The van der Waals surface area contributed by atoms with Gasteiger partial charge in [-0.15, -0.1) is 0 Å². The highest BCUT2D eigenvalue weighted by Crippen LogP contribution is 2.18. The zero-order chi connectivity index (χ0) is 11.5. The highest BCUT2D eigenvalue weighted by molar-refractivity contribution is 5.86. The quantitative estimate of drug-likeness (QED) is 0.771. The van der Waals surface area contributed by atoms with Crippen molar-refractivity contribution in [2.24, 2.45) is 0 Å². The minimum Gasteiger partial charge on any atom is -0.497 e. The Kier molecular flexibility index (Phi) is 3.25. The molecule has 0 N–H and O–H groups in total. The summed E-state index contributed by atoms with van der Waals surface area (Å²) in [5.41, 5.74) is 1.19. The van der Waals surface area contributed by atoms with Crippen LogP contribution in [0.4, 0.5) is 0 Å². The number of methoxy groups -OCH3 is 1. The highest BCUT2D eigenvalue weighted by Gasteiger charge is 2.29. The lowest BCUT2D eigenvalue weighted by atomic mass is 10.0. The van der Waals surface area contributed by atoms with E-state index >= 15 is 0 Å². The van der Waals surface area contributed by atoms with Gasteiger partial charge in [-0.2, -0.15) is 0 Å². The molecule has 1 aromatic rings. The molecule has 1 fully saturated rings. The Hall–Kier alpha value is -1.35. The topological polar surface area (TPSA) is 29.5 Å². The summed E-state index contributed by atoms with van der Waals surface area (Å²) in [4.78, 5) is 13.8. The van der Waals surface area contributed by atoms with E-state index in [0.717, 1.165) is 18.7 Å². The molecule has 1 saturated heterocycles. The van der Waals surface area contributed by atoms with Gasteiger partial charge in [0.2, 0.25) is 0 Å². The molecular weight excluding hydrogens is 202 g/mol. The number of ether oxygens (including phenoxy) is 1. The predicted molar refractivity (Wildman–Crippen MR) is 62.7 cm³/mol. The van der Waals surface area contributed by atoms with Crippen molar-refractivity contribution in [3.8, 4) is 5.75 Å². The first-order valence-corrected chi connectivity index (χ1v) is 5.56. The summed E-state index contributed by atoms with van der Waals surface area (Å²) in [6.45, 7) is 0.889. The van der Waals surface area contributed by atoms with Crippen LogP contribution in [-0.2, 0) is 11.2 Å². The van der Waals surface area contributed by atoms with E-state index in [9.17, 15) is 4.79 Å². The molecule has 0 spiro atoms. The molecule has 0 radical (unpaired) electrons. The van der Waals surface area contributed by atoms with Gasteiger partial charge in [-0.05, 0) is 31.2 Å². The molecule has 1 atom stereocenters. The maximum atomic E-state index is 11.6. The number of likely N-dealkylation sites (tertiary alicyclic amines) is 1. The van der Waals surface area contributed by atoms with E-state index in [1.165, 1.54) is 5.56 Å². The standard InChI is InChI=1S/C13H17NO2/c1-14-8-7-13(15)12(14)9-10-3-5-11(16-2)6-4-10/h3-6,12H,7-9H2,1-2H3. The van der Waals surface area contributed by atoms with Crippen molar-refractivity contribution in [2.45, 2.75) is 18.9 Å². The zero-order valence-corrected chi connectivity index (χ0v) is 9.77. The smallest absolute Gasteiger partial charge is 0.151 e. The lowest BCUT2D eigenvalue weighted by Gasteiger charge is -2.17. The van der Waals surface area contributed by atoms with E-state index in [1.807, 2.05) is 31.3 Å². The SMILES string of the molecule is COc1ccc(CC2C(=O)CCN2C)cc1. The predicted octanol–water partition coefficient (Wildman–Crippen LogP) is 1.51. The molecule has 0 saturated carbocycles. The summed E-state index contributed by atoms with van der Waals surface area (Å²) in [5, 5.41) is 0. The first-order chi connectivity index (χ1) is 7.70. The monoisotopic (exact) mass is 219 g/mol. The maximum absolute atomic E-state index is 11.6. The van der Waals surface area contributed by atoms with Crippen molar-refractivity contribution in [3.05, 3.63) is 29.8 Å². The third kappa shape index (κ3) is 2.25. The number of Topliss-reactive ketones (excluding diaryl/α,β-unsaturated/α-hetero) is 1. The van der Waals surface area contributed by atoms with Gasteiger partial charge in [0.05, 0.1) is 13.2 Å². The summed E-state index contributed by atoms with van der Waals surface area (Å²) in [5.74, 6) is 1.22. The normalized spacial score (nSPS) is 21.4. The van der Waals surface area contributed by atoms with Crippen LogP contribution in [0.25, 0.3) is 0 Å². The number of hydrogen-bond donors (Lipinski definition) is 0. The molecular formula is C13H17NO2. The van der Waals surface area contributed by atoms with Crippen LogP contribution in [0.2, 0.25) is 0 Å². The van der Waals surface area contributed by atoms with Crippen LogP contribution < -0.4 is 4.74 Å². The first-order valence-electron chi connectivity index (χ1n) is 5.56. The van der Waals surface area contributed by atoms with E-state index in [4.69, 9.17) is 4.74 Å². The molecule has 3 heteroatoms. The maximum Gasteiger partial charge on any atom is 0.151 e. The molecule has 1 aliphatic rings. The van der Waals surface area contributed by atoms with Crippen LogP contribution >= 0.6 is 0 Å². The van der Waals surface area contributed by atoms with Crippen LogP contribution in [0.1, 0.15) is 12.0 Å². The van der Waals surface area contributed by atoms with Crippen molar-refractivity contribution in [3.63, 3.8) is 0 Å². The van der Waals surface area contributed by atoms with Crippen LogP contribution in [0, 0.1) is 0 Å². The Balaban J connectivity index is 2.05. The van der Waals surface area contributed by atoms with Crippen LogP contribution in [-0.4, -0.2) is 37.4 Å². The molecule has 86 valence electrons. The second-order valence-corrected chi connectivity index (χ2v) is 4.26. The van der Waals surface area contributed by atoms with E-state index in [2.05, 4.69) is 4.90 Å². The summed E-state index contributed by atoms with van der Waals surface area (Å²) < 4.78 is 5.10. The summed E-state index contributed by atoms with van der Waals surface area (Å²) >= 11 is 0. The molecule has 0 amide bonds. The van der Waals surface area contributed by atoms with E-state index in [1.54, 1.807) is 7.11 Å². The molecule has 16 heavy (non-hydrogen) atoms. The summed E-state index contributed by atoms with van der Waals surface area (Å²) in [6, 6.07) is 7.99. The zero-order valence-electron chi connectivity index (χ0n) is 9.77. The number of carbonyl (C=O) groups is 1. The number of ketones is 1. The van der Waals surface area contributed by atoms with Crippen molar-refractivity contribution < 1.29 is 9.53 Å². The van der Waals surface area contributed by atoms with E-state index in [-0.39, 0.29) is 6.04 Å². The highest BCUT2D eigenvalue weighted by atomic mass is 16.5. The molecule has 1 aromatic carbocycles. The van der Waals surface area contributed by atoms with Gasteiger partial charge >= 0.3 is 0 Å². The molecule has 1 heterocycles. The first kappa shape index (κ1) is 11.1. The average molecular weight is 219 g/mol. The Morgan fingerprint density at radius 2 is 2.06 bits per heavy atom. The number of carbonyl (C=O) groups excluding carboxylic acids is 1. The van der Waals surface area contributed by atoms with Gasteiger partial charge in [0, 0.05) is 13.0 Å². The average Bonchev–Trinajstić information content (AvgIpc) is 2.62. The largest absolute Gasteiger partial charge is 0.497 e. The van der Waals surface area contributed by atoms with Gasteiger partial charge in [-0.1, -0.05) is 12.1 Å². The molecule has 1 aliphatic heterocycles. The van der Waals surface area contributed by atoms with E-state index < -0.39 is 0 Å². The fourth-order valence-electron chi connectivity index (χ4n) is 2.11. The van der Waals surface area contributed by atoms with Gasteiger partial charge in [0.15, 0.2) is 5.78 Å². The molecule has 0 bridgehead atoms. The van der Waals surface area contributed by atoms with Crippen molar-refractivity contribution in [2.75, 3.05) is 20.7 Å². The summed E-state index contributed by atoms with van der Waals surface area (Å²) in [7, 11) is 3.67. The van der Waals surface area contributed by atoms with Crippen molar-refractivity contribution >= 4 is 5.78 Å². The van der Waals surface area contributed by atoms with Crippen molar-refractivity contribution in [1.29, 1.82) is 0 Å². The Labute approximate surface area is 96.0 Å². The molecule has 0 aliphatic carbocycles. The molecule has 2 rings (SSSR count). The number of rotatable bonds is 3.